The summed E-state index contributed by atoms with van der Waals surface area (Å²) in [7, 11) is 0. The predicted molar refractivity (Wildman–Crippen MR) is 149 cm³/mol. The predicted octanol–water partition coefficient (Wildman–Crippen LogP) is 3.68. The van der Waals surface area contributed by atoms with Gasteiger partial charge < -0.3 is 47.7 Å². The van der Waals surface area contributed by atoms with Crippen LogP contribution in [0.5, 0.6) is 0 Å². The third-order valence-corrected chi connectivity index (χ3v) is 7.88. The molecule has 4 heterocycles. The van der Waals surface area contributed by atoms with E-state index in [4.69, 9.17) is 42.6 Å². The van der Waals surface area contributed by atoms with Crippen molar-refractivity contribution in [2.24, 2.45) is 0 Å². The molecule has 4 unspecified atom stereocenters. The number of hydrogen-bond acceptors (Lipinski definition) is 10. The molecule has 0 amide bonds. The van der Waals surface area contributed by atoms with Gasteiger partial charge in [-0.3, -0.25) is 0 Å². The summed E-state index contributed by atoms with van der Waals surface area (Å²) in [5, 5.41) is 11.2. The molecule has 0 aromatic heterocycles. The molecule has 2 aromatic carbocycles. The highest BCUT2D eigenvalue weighted by Gasteiger charge is 2.60. The molecule has 9 atom stereocenters. The molecule has 42 heavy (non-hydrogen) atoms. The third kappa shape index (κ3) is 7.05. The topological polar surface area (TPSA) is 103 Å². The molecule has 230 valence electrons. The molecule has 0 radical (unpaired) electrons. The Labute approximate surface area is 247 Å². The van der Waals surface area contributed by atoms with Crippen molar-refractivity contribution in [1.82, 2.24) is 0 Å². The summed E-state index contributed by atoms with van der Waals surface area (Å²) >= 11 is 0. The second-order valence-electron chi connectivity index (χ2n) is 12.2. The zero-order valence-electron chi connectivity index (χ0n) is 24.6. The van der Waals surface area contributed by atoms with Gasteiger partial charge in [-0.05, 0) is 38.8 Å². The molecular formula is C32H42O10. The molecule has 2 aromatic rings. The lowest BCUT2D eigenvalue weighted by Crippen LogP contribution is -2.57. The summed E-state index contributed by atoms with van der Waals surface area (Å²) in [5.74, 6) is -1.60. The van der Waals surface area contributed by atoms with Crippen LogP contribution in [0.15, 0.2) is 60.7 Å². The Bertz CT molecular complexity index is 1140. The van der Waals surface area contributed by atoms with Crippen LogP contribution >= 0.6 is 0 Å². The summed E-state index contributed by atoms with van der Waals surface area (Å²) < 4.78 is 55.6. The fraction of sp³-hybridized carbons (Fsp3) is 0.625. The molecule has 4 aliphatic rings. The molecule has 0 saturated carbocycles. The van der Waals surface area contributed by atoms with Gasteiger partial charge in [-0.1, -0.05) is 60.7 Å². The smallest absolute Gasteiger partial charge is 0.190 e. The average molecular weight is 587 g/mol. The number of rotatable bonds is 10. The molecule has 10 nitrogen and oxygen atoms in total. The van der Waals surface area contributed by atoms with Crippen molar-refractivity contribution in [2.75, 3.05) is 13.2 Å². The monoisotopic (exact) mass is 586 g/mol. The standard InChI is InChI=1S/C32H42O10/c1-31(2)39-27-24(38-30-29(28(27)40-31)41-32(3,4)42-30)19-35-25-15-22(33)26(36-17-21-13-9-6-10-14-21)23(37-25)18-34-16-20-11-7-5-8-12-20/h5-14,22-30,33H,15-19H2,1-4H3/t22?,23?,24?,25-,26+,27+,28+,29?,30-/m1/s1. The van der Waals surface area contributed by atoms with Gasteiger partial charge in [-0.25, -0.2) is 0 Å². The van der Waals surface area contributed by atoms with Gasteiger partial charge in [0.05, 0.1) is 32.5 Å². The van der Waals surface area contributed by atoms with Gasteiger partial charge in [0.25, 0.3) is 0 Å². The van der Waals surface area contributed by atoms with Gasteiger partial charge in [0.2, 0.25) is 0 Å². The van der Waals surface area contributed by atoms with Crippen molar-refractivity contribution in [3.05, 3.63) is 71.8 Å². The first-order valence-corrected chi connectivity index (χ1v) is 14.7. The number of hydrogen-bond donors (Lipinski definition) is 1. The zero-order valence-corrected chi connectivity index (χ0v) is 24.6. The number of benzene rings is 2. The Balaban J connectivity index is 1.10. The van der Waals surface area contributed by atoms with Gasteiger partial charge >= 0.3 is 0 Å². The van der Waals surface area contributed by atoms with Crippen LogP contribution in [-0.4, -0.2) is 85.2 Å². The van der Waals surface area contributed by atoms with Crippen molar-refractivity contribution < 1.29 is 47.7 Å². The maximum atomic E-state index is 11.2. The van der Waals surface area contributed by atoms with Crippen LogP contribution in [0.3, 0.4) is 0 Å². The van der Waals surface area contributed by atoms with E-state index < -0.39 is 60.8 Å². The van der Waals surface area contributed by atoms with Crippen LogP contribution in [0.25, 0.3) is 0 Å². The van der Waals surface area contributed by atoms with Crippen LogP contribution in [0.4, 0.5) is 0 Å². The molecule has 4 saturated heterocycles. The van der Waals surface area contributed by atoms with Crippen LogP contribution in [0.2, 0.25) is 0 Å². The molecule has 6 rings (SSSR count). The van der Waals surface area contributed by atoms with Crippen LogP contribution in [-0.2, 0) is 55.8 Å². The van der Waals surface area contributed by atoms with E-state index in [0.717, 1.165) is 11.1 Å². The Morgan fingerprint density at radius 2 is 1.31 bits per heavy atom. The molecule has 0 aliphatic carbocycles. The van der Waals surface area contributed by atoms with E-state index in [1.807, 2.05) is 88.4 Å². The lowest BCUT2D eigenvalue weighted by Gasteiger charge is -2.41. The second kappa shape index (κ2) is 12.6. The second-order valence-corrected chi connectivity index (χ2v) is 12.2. The summed E-state index contributed by atoms with van der Waals surface area (Å²) in [5.41, 5.74) is 2.06. The van der Waals surface area contributed by atoms with E-state index in [0.29, 0.717) is 13.2 Å². The summed E-state index contributed by atoms with van der Waals surface area (Å²) in [6.07, 6.45) is -4.73. The van der Waals surface area contributed by atoms with Crippen molar-refractivity contribution in [1.29, 1.82) is 0 Å². The van der Waals surface area contributed by atoms with E-state index in [9.17, 15) is 5.11 Å². The molecule has 10 heteroatoms. The average Bonchev–Trinajstić information content (AvgIpc) is 3.46. The Morgan fingerprint density at radius 1 is 0.690 bits per heavy atom. The first kappa shape index (κ1) is 30.1. The minimum Gasteiger partial charge on any atom is -0.390 e. The maximum Gasteiger partial charge on any atom is 0.190 e. The van der Waals surface area contributed by atoms with E-state index in [1.54, 1.807) is 0 Å². The first-order valence-electron chi connectivity index (χ1n) is 14.7. The zero-order chi connectivity index (χ0) is 29.3. The fourth-order valence-electron chi connectivity index (χ4n) is 6.03. The lowest BCUT2D eigenvalue weighted by atomic mass is 9.99. The van der Waals surface area contributed by atoms with Crippen LogP contribution in [0.1, 0.15) is 45.2 Å². The highest BCUT2D eigenvalue weighted by atomic mass is 16.9. The van der Waals surface area contributed by atoms with Gasteiger partial charge in [0, 0.05) is 6.42 Å². The van der Waals surface area contributed by atoms with E-state index >= 15 is 0 Å². The van der Waals surface area contributed by atoms with Gasteiger partial charge in [-0.2, -0.15) is 0 Å². The summed E-state index contributed by atoms with van der Waals surface area (Å²) in [6.45, 7) is 8.59. The minimum absolute atomic E-state index is 0.151. The highest BCUT2D eigenvalue weighted by Crippen LogP contribution is 2.44. The van der Waals surface area contributed by atoms with Crippen molar-refractivity contribution >= 4 is 0 Å². The molecule has 1 N–H and O–H groups in total. The molecule has 0 bridgehead atoms. The highest BCUT2D eigenvalue weighted by molar-refractivity contribution is 5.14. The molecule has 0 spiro atoms. The Morgan fingerprint density at radius 3 is 2.02 bits per heavy atom. The molecular weight excluding hydrogens is 544 g/mol. The normalized spacial score (nSPS) is 36.8. The molecule has 4 fully saturated rings. The summed E-state index contributed by atoms with van der Waals surface area (Å²) in [4.78, 5) is 0. The third-order valence-electron chi connectivity index (χ3n) is 7.88. The SMILES string of the molecule is CC1(C)OC2[C@H](OC(CO[C@H]3CC(O)[C@H](OCc4ccccc4)C(COCc4ccccc4)O3)[C@@H]3OC(C)(C)O[C@H]23)O1. The van der Waals surface area contributed by atoms with Crippen LogP contribution < -0.4 is 0 Å². The quantitative estimate of drug-likeness (QED) is 0.444. The lowest BCUT2D eigenvalue weighted by molar-refractivity contribution is -0.291. The van der Waals surface area contributed by atoms with Crippen LogP contribution in [0, 0.1) is 0 Å². The fourth-order valence-corrected chi connectivity index (χ4v) is 6.03. The van der Waals surface area contributed by atoms with Gasteiger partial charge in [0.15, 0.2) is 24.2 Å². The van der Waals surface area contributed by atoms with E-state index in [-0.39, 0.29) is 25.7 Å². The largest absolute Gasteiger partial charge is 0.390 e. The maximum absolute atomic E-state index is 11.2. The molecule has 4 aliphatic heterocycles. The van der Waals surface area contributed by atoms with E-state index in [1.165, 1.54) is 0 Å². The minimum atomic E-state index is -0.820. The first-order chi connectivity index (χ1) is 20.2. The number of fused-ring (bicyclic) bond motifs is 3. The number of aliphatic hydroxyl groups is 1. The Hall–Kier alpha value is -1.96. The van der Waals surface area contributed by atoms with Gasteiger partial charge in [-0.15, -0.1) is 0 Å². The number of aliphatic hydroxyl groups excluding tert-OH is 1. The number of ether oxygens (including phenoxy) is 9. The van der Waals surface area contributed by atoms with E-state index in [2.05, 4.69) is 0 Å². The van der Waals surface area contributed by atoms with Crippen molar-refractivity contribution in [3.8, 4) is 0 Å². The van der Waals surface area contributed by atoms with Crippen molar-refractivity contribution in [2.45, 2.75) is 114 Å². The van der Waals surface area contributed by atoms with Gasteiger partial charge in [0.1, 0.15) is 36.6 Å². The summed E-state index contributed by atoms with van der Waals surface area (Å²) in [6, 6.07) is 19.8. The Kier molecular flexibility index (Phi) is 9.00. The van der Waals surface area contributed by atoms with Crippen molar-refractivity contribution in [3.63, 3.8) is 0 Å².